The molecule has 0 N–H and O–H groups in total. The van der Waals surface area contributed by atoms with Crippen molar-refractivity contribution in [3.63, 3.8) is 0 Å². The Bertz CT molecular complexity index is 896. The van der Waals surface area contributed by atoms with Crippen molar-refractivity contribution < 1.29 is 14.3 Å². The monoisotopic (exact) mass is 379 g/mol. The summed E-state index contributed by atoms with van der Waals surface area (Å²) in [5.41, 5.74) is 2.70. The van der Waals surface area contributed by atoms with Gasteiger partial charge in [0.25, 0.3) is 5.91 Å². The van der Waals surface area contributed by atoms with Crippen LogP contribution in [0.2, 0.25) is 0 Å². The Balaban J connectivity index is 1.58. The van der Waals surface area contributed by atoms with Gasteiger partial charge in [0, 0.05) is 50.8 Å². The van der Waals surface area contributed by atoms with Gasteiger partial charge in [0.1, 0.15) is 5.75 Å². The van der Waals surface area contributed by atoms with Crippen LogP contribution in [0.1, 0.15) is 34.5 Å². The molecule has 2 saturated heterocycles. The van der Waals surface area contributed by atoms with E-state index in [1.54, 1.807) is 26.4 Å². The zero-order valence-electron chi connectivity index (χ0n) is 16.5. The molecule has 0 unspecified atom stereocenters. The molecule has 3 heterocycles. The smallest absolute Gasteiger partial charge is 0.255 e. The average molecular weight is 379 g/mol. The molecule has 0 radical (unpaired) electrons. The minimum Gasteiger partial charge on any atom is -0.497 e. The number of methoxy groups -OCH3 is 1. The molecule has 0 bridgehead atoms. The predicted molar refractivity (Wildman–Crippen MR) is 105 cm³/mol. The van der Waals surface area contributed by atoms with E-state index in [-0.39, 0.29) is 29.7 Å². The van der Waals surface area contributed by atoms with Gasteiger partial charge in [-0.1, -0.05) is 12.1 Å². The van der Waals surface area contributed by atoms with E-state index in [2.05, 4.69) is 4.98 Å². The third-order valence-electron chi connectivity index (χ3n) is 5.94. The fraction of sp³-hybridized carbons (Fsp3) is 0.409. The first-order chi connectivity index (χ1) is 13.5. The maximum atomic E-state index is 13.0. The largest absolute Gasteiger partial charge is 0.497 e. The third kappa shape index (κ3) is 3.23. The number of carbonyl (C=O) groups excluding carboxylic acids is 2. The van der Waals surface area contributed by atoms with Gasteiger partial charge in [-0.05, 0) is 36.2 Å². The van der Waals surface area contributed by atoms with Crippen LogP contribution < -0.4 is 4.74 Å². The summed E-state index contributed by atoms with van der Waals surface area (Å²) in [7, 11) is 1.64. The van der Waals surface area contributed by atoms with E-state index in [0.717, 1.165) is 16.9 Å². The normalized spacial score (nSPS) is 23.6. The molecule has 4 rings (SSSR count). The summed E-state index contributed by atoms with van der Waals surface area (Å²) < 4.78 is 5.26. The Labute approximate surface area is 165 Å². The van der Waals surface area contributed by atoms with E-state index in [9.17, 15) is 9.59 Å². The molecular formula is C22H25N3O3. The molecule has 1 aromatic heterocycles. The highest BCUT2D eigenvalue weighted by Gasteiger charge is 2.49. The molecule has 146 valence electrons. The lowest BCUT2D eigenvalue weighted by Gasteiger charge is -2.29. The molecule has 2 aromatic rings. The zero-order chi connectivity index (χ0) is 19.8. The highest BCUT2D eigenvalue weighted by molar-refractivity contribution is 5.94. The van der Waals surface area contributed by atoms with Gasteiger partial charge in [0.05, 0.1) is 18.7 Å². The van der Waals surface area contributed by atoms with Crippen molar-refractivity contribution in [1.82, 2.24) is 14.8 Å². The number of aryl methyl sites for hydroxylation is 1. The van der Waals surface area contributed by atoms with Gasteiger partial charge in [-0.15, -0.1) is 0 Å². The van der Waals surface area contributed by atoms with Crippen molar-refractivity contribution in [1.29, 1.82) is 0 Å². The number of fused-ring (bicyclic) bond motifs is 1. The van der Waals surface area contributed by atoms with E-state index in [1.165, 1.54) is 0 Å². The van der Waals surface area contributed by atoms with Gasteiger partial charge in [0.15, 0.2) is 0 Å². The minimum absolute atomic E-state index is 0.0122. The number of pyridine rings is 1. The van der Waals surface area contributed by atoms with Crippen LogP contribution in [0.25, 0.3) is 0 Å². The minimum atomic E-state index is -0.0122. The Kier molecular flexibility index (Phi) is 4.79. The van der Waals surface area contributed by atoms with Crippen LogP contribution in [0.3, 0.4) is 0 Å². The molecule has 0 saturated carbocycles. The van der Waals surface area contributed by atoms with Crippen LogP contribution >= 0.6 is 0 Å². The Hall–Kier alpha value is -2.89. The topological polar surface area (TPSA) is 62.7 Å². The zero-order valence-corrected chi connectivity index (χ0v) is 16.5. The van der Waals surface area contributed by atoms with Crippen LogP contribution in [0, 0.1) is 18.8 Å². The summed E-state index contributed by atoms with van der Waals surface area (Å²) in [5.74, 6) is 1.42. The lowest BCUT2D eigenvalue weighted by Crippen LogP contribution is -2.36. The summed E-state index contributed by atoms with van der Waals surface area (Å²) in [6.45, 7) is 5.57. The predicted octanol–water partition coefficient (Wildman–Crippen LogP) is 2.69. The Morgan fingerprint density at radius 2 is 1.86 bits per heavy atom. The standard InChI is InChI=1S/C22H25N3O3/c1-14-8-17(10-23-9-14)22(27)24-11-18-12-25(15(2)26)21(20(18)13-24)16-4-6-19(28-3)7-5-16/h4-10,18,20-21H,11-13H2,1-3H3/t18-,20-,21+/m1/s1. The molecule has 3 atom stereocenters. The molecular weight excluding hydrogens is 354 g/mol. The molecule has 2 fully saturated rings. The first-order valence-electron chi connectivity index (χ1n) is 9.60. The van der Waals surface area contributed by atoms with Crippen LogP contribution in [0.5, 0.6) is 5.75 Å². The quantitative estimate of drug-likeness (QED) is 0.823. The maximum Gasteiger partial charge on any atom is 0.255 e. The summed E-state index contributed by atoms with van der Waals surface area (Å²) in [5, 5.41) is 0. The van der Waals surface area contributed by atoms with E-state index >= 15 is 0 Å². The molecule has 1 aromatic carbocycles. The fourth-order valence-corrected chi connectivity index (χ4v) is 4.62. The number of nitrogens with zero attached hydrogens (tertiary/aromatic N) is 3. The number of benzene rings is 1. The van der Waals surface area contributed by atoms with Crippen molar-refractivity contribution in [3.05, 3.63) is 59.4 Å². The number of amides is 2. The van der Waals surface area contributed by atoms with Gasteiger partial charge < -0.3 is 14.5 Å². The van der Waals surface area contributed by atoms with Crippen LogP contribution in [0.15, 0.2) is 42.7 Å². The van der Waals surface area contributed by atoms with Crippen LogP contribution in [-0.2, 0) is 4.79 Å². The van der Waals surface area contributed by atoms with Crippen molar-refractivity contribution in [2.24, 2.45) is 11.8 Å². The second-order valence-corrected chi connectivity index (χ2v) is 7.77. The second-order valence-electron chi connectivity index (χ2n) is 7.77. The number of hydrogen-bond donors (Lipinski definition) is 0. The lowest BCUT2D eigenvalue weighted by atomic mass is 9.89. The molecule has 2 aliphatic rings. The summed E-state index contributed by atoms with van der Waals surface area (Å²) >= 11 is 0. The number of carbonyl (C=O) groups is 2. The average Bonchev–Trinajstić information content (AvgIpc) is 3.25. The van der Waals surface area contributed by atoms with Gasteiger partial charge >= 0.3 is 0 Å². The lowest BCUT2D eigenvalue weighted by molar-refractivity contribution is -0.130. The number of likely N-dealkylation sites (tertiary alicyclic amines) is 2. The molecule has 6 heteroatoms. The van der Waals surface area contributed by atoms with Gasteiger partial charge in [-0.2, -0.15) is 0 Å². The van der Waals surface area contributed by atoms with Crippen LogP contribution in [0.4, 0.5) is 0 Å². The number of ether oxygens (including phenoxy) is 1. The molecule has 28 heavy (non-hydrogen) atoms. The van der Waals surface area contributed by atoms with Gasteiger partial charge in [-0.3, -0.25) is 14.6 Å². The van der Waals surface area contributed by atoms with Crippen molar-refractivity contribution in [2.75, 3.05) is 26.7 Å². The number of rotatable bonds is 3. The maximum absolute atomic E-state index is 13.0. The van der Waals surface area contributed by atoms with Crippen molar-refractivity contribution >= 4 is 11.8 Å². The van der Waals surface area contributed by atoms with E-state index < -0.39 is 0 Å². The summed E-state index contributed by atoms with van der Waals surface area (Å²) in [6, 6.07) is 9.77. The Morgan fingerprint density at radius 1 is 1.11 bits per heavy atom. The van der Waals surface area contributed by atoms with Crippen molar-refractivity contribution in [2.45, 2.75) is 19.9 Å². The number of hydrogen-bond acceptors (Lipinski definition) is 4. The van der Waals surface area contributed by atoms with E-state index in [0.29, 0.717) is 25.2 Å². The molecule has 0 spiro atoms. The third-order valence-corrected chi connectivity index (χ3v) is 5.94. The summed E-state index contributed by atoms with van der Waals surface area (Å²) in [4.78, 5) is 33.3. The SMILES string of the molecule is COc1ccc([C@H]2[C@@H]3CN(C(=O)c4cncc(C)c4)C[C@@H]3CN2C(C)=O)cc1. The van der Waals surface area contributed by atoms with Gasteiger partial charge in [0.2, 0.25) is 5.91 Å². The molecule has 0 aliphatic carbocycles. The molecule has 2 amide bonds. The summed E-state index contributed by atoms with van der Waals surface area (Å²) in [6.07, 6.45) is 3.38. The number of aromatic nitrogens is 1. The fourth-order valence-electron chi connectivity index (χ4n) is 4.62. The highest BCUT2D eigenvalue weighted by Crippen LogP contribution is 2.45. The molecule has 2 aliphatic heterocycles. The highest BCUT2D eigenvalue weighted by atomic mass is 16.5. The van der Waals surface area contributed by atoms with E-state index in [4.69, 9.17) is 4.74 Å². The van der Waals surface area contributed by atoms with Crippen LogP contribution in [-0.4, -0.2) is 53.3 Å². The second kappa shape index (κ2) is 7.26. The van der Waals surface area contributed by atoms with Gasteiger partial charge in [-0.25, -0.2) is 0 Å². The first-order valence-corrected chi connectivity index (χ1v) is 9.60. The van der Waals surface area contributed by atoms with E-state index in [1.807, 2.05) is 47.1 Å². The first kappa shape index (κ1) is 18.5. The van der Waals surface area contributed by atoms with Crippen molar-refractivity contribution in [3.8, 4) is 5.75 Å². The molecule has 6 nitrogen and oxygen atoms in total. The Morgan fingerprint density at radius 3 is 2.50 bits per heavy atom.